The van der Waals surface area contributed by atoms with Crippen LogP contribution in [-0.2, 0) is 4.74 Å². The fourth-order valence-corrected chi connectivity index (χ4v) is 2.58. The van der Waals surface area contributed by atoms with Crippen LogP contribution in [0.25, 0.3) is 0 Å². The second-order valence-corrected chi connectivity index (χ2v) is 6.61. The van der Waals surface area contributed by atoms with E-state index in [1.54, 1.807) is 24.3 Å². The molecule has 156 valence electrons. The van der Waals surface area contributed by atoms with Crippen LogP contribution in [0.3, 0.4) is 0 Å². The van der Waals surface area contributed by atoms with Crippen LogP contribution < -0.4 is 20.1 Å². The quantitative estimate of drug-likeness (QED) is 0.418. The number of carbonyl (C=O) groups excluding carboxylic acids is 1. The Morgan fingerprint density at radius 1 is 0.897 bits per heavy atom. The second-order valence-electron chi connectivity index (χ2n) is 6.20. The van der Waals surface area contributed by atoms with E-state index in [0.29, 0.717) is 32.0 Å². The maximum atomic E-state index is 12.3. The third kappa shape index (κ3) is 8.50. The smallest absolute Gasteiger partial charge is 0.257 e. The van der Waals surface area contributed by atoms with Crippen LogP contribution in [0.2, 0.25) is 0 Å². The maximum Gasteiger partial charge on any atom is 0.257 e. The van der Waals surface area contributed by atoms with Crippen LogP contribution in [0, 0.1) is 0 Å². The van der Waals surface area contributed by atoms with Crippen molar-refractivity contribution in [2.75, 3.05) is 31.7 Å². The van der Waals surface area contributed by atoms with E-state index < -0.39 is 0 Å². The summed E-state index contributed by atoms with van der Waals surface area (Å²) in [6.07, 6.45) is 2.08. The standard InChI is InChI=1S/C22H28N2O4S/c1-3-5-14-27-19-10-6-17(7-11-19)21(25)24-22(29)23-18-8-12-20(13-9-18)28-16-15-26-4-2/h6-13H,3-5,14-16H2,1-2H3,(H2,23,24,25,29). The van der Waals surface area contributed by atoms with Gasteiger partial charge in [-0.2, -0.15) is 0 Å². The Morgan fingerprint density at radius 3 is 2.14 bits per heavy atom. The zero-order valence-electron chi connectivity index (χ0n) is 16.9. The molecule has 29 heavy (non-hydrogen) atoms. The van der Waals surface area contributed by atoms with Gasteiger partial charge in [-0.15, -0.1) is 0 Å². The molecule has 6 nitrogen and oxygen atoms in total. The zero-order chi connectivity index (χ0) is 20.9. The first-order valence-corrected chi connectivity index (χ1v) is 10.2. The Labute approximate surface area is 177 Å². The number of amides is 1. The van der Waals surface area contributed by atoms with Gasteiger partial charge < -0.3 is 19.5 Å². The van der Waals surface area contributed by atoms with Crippen LogP contribution in [0.1, 0.15) is 37.0 Å². The number of thiocarbonyl (C=S) groups is 1. The molecule has 2 N–H and O–H groups in total. The highest BCUT2D eigenvalue weighted by Gasteiger charge is 2.08. The molecule has 0 aliphatic carbocycles. The van der Waals surface area contributed by atoms with Gasteiger partial charge in [-0.05, 0) is 74.1 Å². The number of carbonyl (C=O) groups is 1. The van der Waals surface area contributed by atoms with E-state index >= 15 is 0 Å². The number of anilines is 1. The molecule has 2 aromatic carbocycles. The SMILES string of the molecule is CCCCOc1ccc(C(=O)NC(=S)Nc2ccc(OCCOCC)cc2)cc1. The van der Waals surface area contributed by atoms with Crippen LogP contribution in [0.4, 0.5) is 5.69 Å². The molecule has 0 aliphatic heterocycles. The fourth-order valence-electron chi connectivity index (χ4n) is 2.37. The van der Waals surface area contributed by atoms with Crippen molar-refractivity contribution < 1.29 is 19.0 Å². The van der Waals surface area contributed by atoms with Crippen molar-refractivity contribution in [3.8, 4) is 11.5 Å². The minimum atomic E-state index is -0.279. The lowest BCUT2D eigenvalue weighted by atomic mass is 10.2. The van der Waals surface area contributed by atoms with Gasteiger partial charge in [0.1, 0.15) is 18.1 Å². The number of hydrogen-bond acceptors (Lipinski definition) is 5. The van der Waals surface area contributed by atoms with Crippen molar-refractivity contribution in [3.63, 3.8) is 0 Å². The highest BCUT2D eigenvalue weighted by molar-refractivity contribution is 7.80. The number of hydrogen-bond donors (Lipinski definition) is 2. The molecule has 0 bridgehead atoms. The molecular formula is C22H28N2O4S. The van der Waals surface area contributed by atoms with Crippen molar-refractivity contribution in [2.45, 2.75) is 26.7 Å². The van der Waals surface area contributed by atoms with E-state index in [0.717, 1.165) is 30.0 Å². The van der Waals surface area contributed by atoms with Gasteiger partial charge in [-0.3, -0.25) is 10.1 Å². The minimum Gasteiger partial charge on any atom is -0.494 e. The largest absolute Gasteiger partial charge is 0.494 e. The summed E-state index contributed by atoms with van der Waals surface area (Å²) in [7, 11) is 0. The maximum absolute atomic E-state index is 12.3. The molecule has 0 heterocycles. The summed E-state index contributed by atoms with van der Waals surface area (Å²) in [5.41, 5.74) is 1.27. The van der Waals surface area contributed by atoms with Gasteiger partial charge in [0.05, 0.1) is 13.2 Å². The first kappa shape index (κ1) is 22.6. The number of nitrogens with one attached hydrogen (secondary N) is 2. The lowest BCUT2D eigenvalue weighted by Gasteiger charge is -2.11. The van der Waals surface area contributed by atoms with E-state index in [9.17, 15) is 4.79 Å². The molecule has 0 saturated carbocycles. The van der Waals surface area contributed by atoms with Crippen molar-refractivity contribution >= 4 is 28.9 Å². The number of benzene rings is 2. The van der Waals surface area contributed by atoms with E-state index in [2.05, 4.69) is 17.6 Å². The summed E-state index contributed by atoms with van der Waals surface area (Å²) in [5.74, 6) is 1.21. The van der Waals surface area contributed by atoms with Crippen molar-refractivity contribution in [2.24, 2.45) is 0 Å². The Hall–Kier alpha value is -2.64. The molecule has 0 aromatic heterocycles. The van der Waals surface area contributed by atoms with Crippen molar-refractivity contribution in [1.82, 2.24) is 5.32 Å². The van der Waals surface area contributed by atoms with Crippen LogP contribution in [0.5, 0.6) is 11.5 Å². The van der Waals surface area contributed by atoms with Crippen LogP contribution in [0.15, 0.2) is 48.5 Å². The highest BCUT2D eigenvalue weighted by atomic mass is 32.1. The summed E-state index contributed by atoms with van der Waals surface area (Å²) in [6, 6.07) is 14.3. The third-order valence-electron chi connectivity index (χ3n) is 3.92. The van der Waals surface area contributed by atoms with E-state index in [1.807, 2.05) is 31.2 Å². The number of unbranched alkanes of at least 4 members (excludes halogenated alkanes) is 1. The molecule has 0 radical (unpaired) electrons. The molecule has 0 unspecified atom stereocenters. The summed E-state index contributed by atoms with van der Waals surface area (Å²) >= 11 is 5.23. The van der Waals surface area contributed by atoms with Crippen molar-refractivity contribution in [1.29, 1.82) is 0 Å². The Bertz CT molecular complexity index is 763. The average Bonchev–Trinajstić information content (AvgIpc) is 2.73. The Morgan fingerprint density at radius 2 is 1.52 bits per heavy atom. The van der Waals surface area contributed by atoms with Gasteiger partial charge in [0.25, 0.3) is 5.91 Å². The van der Waals surface area contributed by atoms with Crippen LogP contribution in [-0.4, -0.2) is 37.4 Å². The minimum absolute atomic E-state index is 0.225. The summed E-state index contributed by atoms with van der Waals surface area (Å²) in [5, 5.41) is 5.88. The van der Waals surface area contributed by atoms with Gasteiger partial charge >= 0.3 is 0 Å². The molecule has 1 amide bonds. The van der Waals surface area contributed by atoms with E-state index in [-0.39, 0.29) is 11.0 Å². The number of rotatable bonds is 11. The molecule has 0 atom stereocenters. The molecule has 0 aliphatic rings. The average molecular weight is 417 g/mol. The van der Waals surface area contributed by atoms with Gasteiger partial charge in [-0.1, -0.05) is 13.3 Å². The summed E-state index contributed by atoms with van der Waals surface area (Å²) in [4.78, 5) is 12.3. The molecule has 0 fully saturated rings. The molecule has 0 saturated heterocycles. The lowest BCUT2D eigenvalue weighted by molar-refractivity contribution is 0.0977. The van der Waals surface area contributed by atoms with Gasteiger partial charge in [0, 0.05) is 17.9 Å². The van der Waals surface area contributed by atoms with Gasteiger partial charge in [-0.25, -0.2) is 0 Å². The summed E-state index contributed by atoms with van der Waals surface area (Å²) < 4.78 is 16.4. The fraction of sp³-hybridized carbons (Fsp3) is 0.364. The highest BCUT2D eigenvalue weighted by Crippen LogP contribution is 2.16. The molecular weight excluding hydrogens is 388 g/mol. The predicted octanol–water partition coefficient (Wildman–Crippen LogP) is 4.41. The first-order valence-electron chi connectivity index (χ1n) is 9.78. The normalized spacial score (nSPS) is 10.3. The molecule has 0 spiro atoms. The Balaban J connectivity index is 1.78. The summed E-state index contributed by atoms with van der Waals surface area (Å²) in [6.45, 7) is 6.45. The molecule has 2 rings (SSSR count). The zero-order valence-corrected chi connectivity index (χ0v) is 17.7. The molecule has 7 heteroatoms. The third-order valence-corrected chi connectivity index (χ3v) is 4.13. The van der Waals surface area contributed by atoms with Gasteiger partial charge in [0.15, 0.2) is 5.11 Å². The number of ether oxygens (including phenoxy) is 3. The lowest BCUT2D eigenvalue weighted by Crippen LogP contribution is -2.34. The topological polar surface area (TPSA) is 68.8 Å². The van der Waals surface area contributed by atoms with Crippen molar-refractivity contribution in [3.05, 3.63) is 54.1 Å². The Kier molecular flexibility index (Phi) is 9.95. The van der Waals surface area contributed by atoms with E-state index in [1.165, 1.54) is 0 Å². The van der Waals surface area contributed by atoms with E-state index in [4.69, 9.17) is 26.4 Å². The monoisotopic (exact) mass is 416 g/mol. The predicted molar refractivity (Wildman–Crippen MR) is 119 cm³/mol. The van der Waals surface area contributed by atoms with Gasteiger partial charge in [0.2, 0.25) is 0 Å². The second kappa shape index (κ2) is 12.7. The van der Waals surface area contributed by atoms with Crippen LogP contribution >= 0.6 is 12.2 Å². The molecule has 2 aromatic rings. The first-order chi connectivity index (χ1) is 14.1.